The lowest BCUT2D eigenvalue weighted by molar-refractivity contribution is -0.139. The fourth-order valence-corrected chi connectivity index (χ4v) is 2.19. The van der Waals surface area contributed by atoms with Crippen molar-refractivity contribution in [1.82, 2.24) is 9.97 Å². The predicted molar refractivity (Wildman–Crippen MR) is 78.4 cm³/mol. The summed E-state index contributed by atoms with van der Waals surface area (Å²) < 4.78 is 5.09. The van der Waals surface area contributed by atoms with Gasteiger partial charge in [0.05, 0.1) is 0 Å². The summed E-state index contributed by atoms with van der Waals surface area (Å²) in [5.74, 6) is -0.953. The smallest absolute Gasteiger partial charge is 0.414 e. The highest BCUT2D eigenvalue weighted by molar-refractivity contribution is 5.82. The number of carbonyl (C=O) groups is 2. The second-order valence-electron chi connectivity index (χ2n) is 6.39. The molecule has 120 valence electrons. The third-order valence-corrected chi connectivity index (χ3v) is 3.49. The monoisotopic (exact) mass is 308 g/mol. The Hall–Kier alpha value is -2.22. The van der Waals surface area contributed by atoms with Gasteiger partial charge < -0.3 is 15.6 Å². The van der Waals surface area contributed by atoms with Crippen LogP contribution in [0.2, 0.25) is 0 Å². The van der Waals surface area contributed by atoms with Crippen LogP contribution in [0.15, 0.2) is 12.4 Å². The Morgan fingerprint density at radius 1 is 1.36 bits per heavy atom. The molecule has 1 amide bonds. The molecule has 0 aliphatic heterocycles. The van der Waals surface area contributed by atoms with Crippen LogP contribution in [0.3, 0.4) is 0 Å². The van der Waals surface area contributed by atoms with Gasteiger partial charge in [-0.15, -0.1) is 0 Å². The molecule has 8 heteroatoms. The summed E-state index contributed by atoms with van der Waals surface area (Å²) in [7, 11) is 0. The van der Waals surface area contributed by atoms with Gasteiger partial charge in [0, 0.05) is 17.8 Å². The van der Waals surface area contributed by atoms with Crippen LogP contribution in [-0.2, 0) is 14.9 Å². The molecule has 4 N–H and O–H groups in total. The number of carboxylic acid groups (broad SMARTS) is 1. The zero-order valence-corrected chi connectivity index (χ0v) is 12.8. The minimum atomic E-state index is -1.05. The van der Waals surface area contributed by atoms with E-state index in [-0.39, 0.29) is 5.95 Å². The lowest BCUT2D eigenvalue weighted by atomic mass is 9.90. The summed E-state index contributed by atoms with van der Waals surface area (Å²) in [6, 6.07) is -0.985. The number of nitrogens with two attached hydrogens (primary N) is 1. The molecule has 1 fully saturated rings. The van der Waals surface area contributed by atoms with E-state index in [1.807, 2.05) is 0 Å². The van der Waals surface area contributed by atoms with Crippen molar-refractivity contribution in [2.45, 2.75) is 50.7 Å². The zero-order valence-electron chi connectivity index (χ0n) is 12.8. The minimum absolute atomic E-state index is 0.0951. The molecule has 1 aromatic rings. The van der Waals surface area contributed by atoms with Crippen molar-refractivity contribution in [2.75, 3.05) is 5.32 Å². The van der Waals surface area contributed by atoms with E-state index in [0.29, 0.717) is 18.4 Å². The molecule has 0 bridgehead atoms. The summed E-state index contributed by atoms with van der Waals surface area (Å²) in [5, 5.41) is 11.5. The number of aliphatic carboxylic acids is 1. The molecule has 1 heterocycles. The number of nitrogens with one attached hydrogen (secondary N) is 1. The summed E-state index contributed by atoms with van der Waals surface area (Å²) in [6.45, 7) is 5.25. The van der Waals surface area contributed by atoms with E-state index >= 15 is 0 Å². The van der Waals surface area contributed by atoms with Crippen molar-refractivity contribution in [3.05, 3.63) is 18.0 Å². The molecule has 0 spiro atoms. The number of carboxylic acids is 1. The van der Waals surface area contributed by atoms with E-state index in [0.717, 1.165) is 0 Å². The van der Waals surface area contributed by atoms with Crippen molar-refractivity contribution in [2.24, 2.45) is 5.73 Å². The van der Waals surface area contributed by atoms with Crippen LogP contribution in [-0.4, -0.2) is 38.8 Å². The Bertz CT molecular complexity index is 576. The van der Waals surface area contributed by atoms with E-state index in [9.17, 15) is 9.59 Å². The average molecular weight is 308 g/mol. The lowest BCUT2D eigenvalue weighted by Crippen LogP contribution is -2.42. The van der Waals surface area contributed by atoms with E-state index in [1.54, 1.807) is 20.8 Å². The normalized spacial score (nSPS) is 17.5. The molecule has 8 nitrogen and oxygen atoms in total. The van der Waals surface area contributed by atoms with Crippen molar-refractivity contribution in [3.8, 4) is 0 Å². The van der Waals surface area contributed by atoms with E-state index in [2.05, 4.69) is 15.3 Å². The van der Waals surface area contributed by atoms with Gasteiger partial charge in [-0.25, -0.2) is 14.8 Å². The molecule has 1 saturated carbocycles. The molecule has 0 saturated heterocycles. The molecular weight excluding hydrogens is 288 g/mol. The number of ether oxygens (including phenoxy) is 1. The van der Waals surface area contributed by atoms with E-state index in [4.69, 9.17) is 15.6 Å². The Balaban J connectivity index is 2.05. The number of aromatic nitrogens is 2. The second-order valence-corrected chi connectivity index (χ2v) is 6.39. The third-order valence-electron chi connectivity index (χ3n) is 3.49. The summed E-state index contributed by atoms with van der Waals surface area (Å²) in [4.78, 5) is 30.7. The molecule has 0 aromatic carbocycles. The average Bonchev–Trinajstić information content (AvgIpc) is 3.17. The zero-order chi connectivity index (χ0) is 16.5. The standard InChI is InChI=1S/C14H20N4O4/c1-13(2,3)22-12(21)18-11-16-6-8(7-17-11)14(4-5-14)9(15)10(19)20/h6-7,9H,4-5,15H2,1-3H3,(H,19,20)(H,16,17,18,21). The largest absolute Gasteiger partial charge is 0.480 e. The molecule has 1 atom stereocenters. The second kappa shape index (κ2) is 5.53. The highest BCUT2D eigenvalue weighted by atomic mass is 16.6. The molecule has 1 aromatic heterocycles. The molecule has 22 heavy (non-hydrogen) atoms. The van der Waals surface area contributed by atoms with Gasteiger partial charge in [-0.3, -0.25) is 10.1 Å². The topological polar surface area (TPSA) is 127 Å². The van der Waals surface area contributed by atoms with Crippen LogP contribution in [0.5, 0.6) is 0 Å². The predicted octanol–water partition coefficient (Wildman–Crippen LogP) is 1.27. The Labute approximate surface area is 128 Å². The first-order valence-electron chi connectivity index (χ1n) is 6.95. The summed E-state index contributed by atoms with van der Waals surface area (Å²) >= 11 is 0. The van der Waals surface area contributed by atoms with Crippen LogP contribution >= 0.6 is 0 Å². The van der Waals surface area contributed by atoms with Crippen LogP contribution in [0.4, 0.5) is 10.7 Å². The van der Waals surface area contributed by atoms with Crippen LogP contribution in [0, 0.1) is 0 Å². The maximum absolute atomic E-state index is 11.6. The maximum Gasteiger partial charge on any atom is 0.414 e. The number of anilines is 1. The van der Waals surface area contributed by atoms with Gasteiger partial charge in [0.1, 0.15) is 11.6 Å². The number of carbonyl (C=O) groups excluding carboxylic acids is 1. The number of hydrogen-bond donors (Lipinski definition) is 3. The van der Waals surface area contributed by atoms with Gasteiger partial charge in [0.15, 0.2) is 0 Å². The lowest BCUT2D eigenvalue weighted by Gasteiger charge is -2.20. The number of nitrogens with zero attached hydrogens (tertiary/aromatic N) is 2. The highest BCUT2D eigenvalue weighted by Gasteiger charge is 2.52. The Morgan fingerprint density at radius 2 is 1.91 bits per heavy atom. The maximum atomic E-state index is 11.6. The minimum Gasteiger partial charge on any atom is -0.480 e. The molecule has 1 aliphatic rings. The third kappa shape index (κ3) is 3.51. The number of rotatable bonds is 4. The molecule has 1 unspecified atom stereocenters. The summed E-state index contributed by atoms with van der Waals surface area (Å²) in [6.07, 6.45) is 3.71. The van der Waals surface area contributed by atoms with Crippen molar-refractivity contribution in [3.63, 3.8) is 0 Å². The van der Waals surface area contributed by atoms with Gasteiger partial charge in [-0.1, -0.05) is 0 Å². The first-order valence-corrected chi connectivity index (χ1v) is 6.95. The van der Waals surface area contributed by atoms with E-state index < -0.39 is 29.1 Å². The summed E-state index contributed by atoms with van der Waals surface area (Å²) in [5.41, 5.74) is 5.18. The highest BCUT2D eigenvalue weighted by Crippen LogP contribution is 2.50. The van der Waals surface area contributed by atoms with Crippen molar-refractivity contribution in [1.29, 1.82) is 0 Å². The molecule has 1 aliphatic carbocycles. The van der Waals surface area contributed by atoms with Crippen molar-refractivity contribution >= 4 is 18.0 Å². The first-order chi connectivity index (χ1) is 10.1. The van der Waals surface area contributed by atoms with Crippen LogP contribution in [0.25, 0.3) is 0 Å². The Kier molecular flexibility index (Phi) is 4.06. The van der Waals surface area contributed by atoms with Gasteiger partial charge in [-0.2, -0.15) is 0 Å². The molecular formula is C14H20N4O4. The fourth-order valence-electron chi connectivity index (χ4n) is 2.19. The van der Waals surface area contributed by atoms with Gasteiger partial charge >= 0.3 is 12.1 Å². The van der Waals surface area contributed by atoms with Crippen molar-refractivity contribution < 1.29 is 19.4 Å². The van der Waals surface area contributed by atoms with Gasteiger partial charge in [-0.05, 0) is 39.2 Å². The number of amides is 1. The quantitative estimate of drug-likeness (QED) is 0.764. The van der Waals surface area contributed by atoms with Crippen LogP contribution < -0.4 is 11.1 Å². The number of hydrogen-bond acceptors (Lipinski definition) is 6. The SMILES string of the molecule is CC(C)(C)OC(=O)Nc1ncc(C2(C(N)C(=O)O)CC2)cn1. The Morgan fingerprint density at radius 3 is 2.32 bits per heavy atom. The molecule has 2 rings (SSSR count). The van der Waals surface area contributed by atoms with Gasteiger partial charge in [0.2, 0.25) is 5.95 Å². The van der Waals surface area contributed by atoms with Gasteiger partial charge in [0.25, 0.3) is 0 Å². The fraction of sp³-hybridized carbons (Fsp3) is 0.571. The van der Waals surface area contributed by atoms with Crippen LogP contribution in [0.1, 0.15) is 39.2 Å². The first kappa shape index (κ1) is 16.2. The van der Waals surface area contributed by atoms with E-state index in [1.165, 1.54) is 12.4 Å². The molecule has 0 radical (unpaired) electrons.